The molecule has 0 spiro atoms. The van der Waals surface area contributed by atoms with Crippen LogP contribution in [-0.2, 0) is 13.7 Å². The molecule has 126 valence electrons. The highest BCUT2D eigenvalue weighted by atomic mass is 32.3. The molecule has 2 rings (SSSR count). The van der Waals surface area contributed by atoms with Crippen molar-refractivity contribution in [3.05, 3.63) is 60.2 Å². The first-order valence-corrected chi connectivity index (χ1v) is 9.86. The summed E-state index contributed by atoms with van der Waals surface area (Å²) >= 11 is 0. The number of hydrogen-bond donors (Lipinski definition) is 0. The summed E-state index contributed by atoms with van der Waals surface area (Å²) in [6.07, 6.45) is 1.39. The van der Waals surface area contributed by atoms with Gasteiger partial charge in [-0.3, -0.25) is 0 Å². The van der Waals surface area contributed by atoms with Gasteiger partial charge in [-0.1, -0.05) is 46.2 Å². The average molecular weight is 364 g/mol. The maximum atomic E-state index is 12.8. The predicted octanol–water partition coefficient (Wildman–Crippen LogP) is 4.63. The molecule has 0 amide bonds. The molecule has 0 radical (unpaired) electrons. The van der Waals surface area contributed by atoms with Gasteiger partial charge in [-0.05, 0) is 37.4 Å². The van der Waals surface area contributed by atoms with Crippen molar-refractivity contribution >= 4 is 20.4 Å². The van der Waals surface area contributed by atoms with Crippen LogP contribution in [0.5, 0.6) is 0 Å². The lowest BCUT2D eigenvalue weighted by Gasteiger charge is -2.35. The minimum Gasteiger partial charge on any atom is -0.204 e. The van der Waals surface area contributed by atoms with Gasteiger partial charge in [0.2, 0.25) is 0 Å². The number of rotatable bonds is 4. The monoisotopic (exact) mass is 364 g/mol. The minimum atomic E-state index is -5.72. The lowest BCUT2D eigenvalue weighted by molar-refractivity contribution is -0.0496. The van der Waals surface area contributed by atoms with E-state index in [4.69, 9.17) is 3.63 Å². The van der Waals surface area contributed by atoms with Crippen LogP contribution in [0.2, 0.25) is 0 Å². The van der Waals surface area contributed by atoms with Gasteiger partial charge in [0, 0.05) is 9.79 Å². The second-order valence-corrected chi connectivity index (χ2v) is 9.48. The Balaban J connectivity index is 2.60. The number of halogens is 3. The summed E-state index contributed by atoms with van der Waals surface area (Å²) in [5.41, 5.74) is -4.57. The SMILES string of the molecule is Cc1ccc(S(C)(OS(=O)(=O)C(F)(F)F)c2ccccc2)cc1. The van der Waals surface area contributed by atoms with Crippen molar-refractivity contribution in [1.82, 2.24) is 0 Å². The fraction of sp³-hybridized carbons (Fsp3) is 0.200. The molecule has 0 aliphatic heterocycles. The minimum absolute atomic E-state index is 0.386. The lowest BCUT2D eigenvalue weighted by Crippen LogP contribution is -2.27. The largest absolute Gasteiger partial charge is 0.523 e. The van der Waals surface area contributed by atoms with Gasteiger partial charge in [-0.2, -0.15) is 21.6 Å². The molecular weight excluding hydrogens is 349 g/mol. The molecule has 0 heterocycles. The average Bonchev–Trinajstić information content (AvgIpc) is 2.47. The van der Waals surface area contributed by atoms with Gasteiger partial charge < -0.3 is 0 Å². The standard InChI is InChI=1S/C15H15F3O3S2/c1-12-8-10-14(11-9-12)22(2,13-6-4-3-5-7-13)21-23(19,20)15(16,17)18/h3-11H,1-2H3. The molecule has 0 aliphatic carbocycles. The van der Waals surface area contributed by atoms with Gasteiger partial charge in [-0.15, -0.1) is 0 Å². The zero-order valence-electron chi connectivity index (χ0n) is 12.4. The zero-order chi connectivity index (χ0) is 17.3. The van der Waals surface area contributed by atoms with Gasteiger partial charge in [0.1, 0.15) is 0 Å². The van der Waals surface area contributed by atoms with E-state index in [9.17, 15) is 21.6 Å². The van der Waals surface area contributed by atoms with E-state index >= 15 is 0 Å². The van der Waals surface area contributed by atoms with E-state index in [2.05, 4.69) is 0 Å². The molecule has 0 bridgehead atoms. The first-order valence-electron chi connectivity index (χ1n) is 6.49. The van der Waals surface area contributed by atoms with E-state index < -0.39 is 25.9 Å². The molecule has 0 fully saturated rings. The summed E-state index contributed by atoms with van der Waals surface area (Å²) in [6.45, 7) is 1.83. The summed E-state index contributed by atoms with van der Waals surface area (Å²) < 4.78 is 66.1. The van der Waals surface area contributed by atoms with E-state index in [-0.39, 0.29) is 0 Å². The highest BCUT2D eigenvalue weighted by Gasteiger charge is 2.50. The van der Waals surface area contributed by atoms with Crippen LogP contribution in [0.15, 0.2) is 64.4 Å². The van der Waals surface area contributed by atoms with Crippen molar-refractivity contribution in [3.8, 4) is 0 Å². The molecular formula is C15H15F3O3S2. The number of benzene rings is 2. The Morgan fingerprint density at radius 3 is 1.83 bits per heavy atom. The van der Waals surface area contributed by atoms with E-state index in [1.807, 2.05) is 6.92 Å². The van der Waals surface area contributed by atoms with Crippen LogP contribution in [0.25, 0.3) is 0 Å². The van der Waals surface area contributed by atoms with Crippen LogP contribution in [0.1, 0.15) is 5.56 Å². The van der Waals surface area contributed by atoms with E-state index in [1.165, 1.54) is 6.26 Å². The molecule has 3 nitrogen and oxygen atoms in total. The van der Waals surface area contributed by atoms with E-state index in [0.29, 0.717) is 9.79 Å². The number of hydrogen-bond acceptors (Lipinski definition) is 3. The molecule has 1 atom stereocenters. The second-order valence-electron chi connectivity index (χ2n) is 4.94. The van der Waals surface area contributed by atoms with Gasteiger partial charge in [0.25, 0.3) is 0 Å². The predicted molar refractivity (Wildman–Crippen MR) is 83.7 cm³/mol. The Kier molecular flexibility index (Phi) is 4.79. The Hall–Kier alpha value is -1.51. The summed E-state index contributed by atoms with van der Waals surface area (Å²) in [5.74, 6) is 0. The Morgan fingerprint density at radius 2 is 1.35 bits per heavy atom. The first-order chi connectivity index (χ1) is 10.6. The van der Waals surface area contributed by atoms with Crippen molar-refractivity contribution in [1.29, 1.82) is 0 Å². The fourth-order valence-corrected chi connectivity index (χ4v) is 5.88. The van der Waals surface area contributed by atoms with Crippen LogP contribution in [0, 0.1) is 6.92 Å². The number of aryl methyl sites for hydroxylation is 1. The molecule has 23 heavy (non-hydrogen) atoms. The lowest BCUT2D eigenvalue weighted by atomic mass is 10.2. The molecule has 8 heteroatoms. The van der Waals surface area contributed by atoms with Crippen LogP contribution in [0.3, 0.4) is 0 Å². The summed E-state index contributed by atoms with van der Waals surface area (Å²) in [4.78, 5) is 0.777. The molecule has 0 aromatic heterocycles. The van der Waals surface area contributed by atoms with Crippen molar-refractivity contribution in [2.24, 2.45) is 0 Å². The molecule has 0 N–H and O–H groups in total. The van der Waals surface area contributed by atoms with Crippen LogP contribution in [-0.4, -0.2) is 20.2 Å². The quantitative estimate of drug-likeness (QED) is 0.743. The van der Waals surface area contributed by atoms with Crippen molar-refractivity contribution in [3.63, 3.8) is 0 Å². The zero-order valence-corrected chi connectivity index (χ0v) is 14.0. The highest BCUT2D eigenvalue weighted by Crippen LogP contribution is 2.62. The molecule has 0 saturated carbocycles. The van der Waals surface area contributed by atoms with Crippen LogP contribution >= 0.6 is 10.3 Å². The van der Waals surface area contributed by atoms with Gasteiger partial charge >= 0.3 is 15.6 Å². The molecule has 0 aliphatic rings. The maximum absolute atomic E-state index is 12.8. The van der Waals surface area contributed by atoms with E-state index in [1.54, 1.807) is 54.6 Å². The van der Waals surface area contributed by atoms with Crippen LogP contribution < -0.4 is 0 Å². The van der Waals surface area contributed by atoms with Crippen molar-refractivity contribution in [2.75, 3.05) is 6.26 Å². The molecule has 2 aromatic carbocycles. The van der Waals surface area contributed by atoms with Crippen LogP contribution in [0.4, 0.5) is 13.2 Å². The van der Waals surface area contributed by atoms with Crippen molar-refractivity contribution in [2.45, 2.75) is 22.2 Å². The van der Waals surface area contributed by atoms with Crippen molar-refractivity contribution < 1.29 is 25.2 Å². The second kappa shape index (κ2) is 6.18. The Labute approximate surface area is 134 Å². The topological polar surface area (TPSA) is 43.4 Å². The summed E-state index contributed by atoms with van der Waals surface area (Å²) in [6, 6.07) is 14.6. The normalized spacial score (nSPS) is 16.6. The Bertz CT molecular complexity index is 772. The Morgan fingerprint density at radius 1 is 0.870 bits per heavy atom. The summed E-state index contributed by atoms with van der Waals surface area (Å²) in [5, 5.41) is 0. The third-order valence-electron chi connectivity index (χ3n) is 3.17. The van der Waals surface area contributed by atoms with Gasteiger partial charge in [0.15, 0.2) is 0 Å². The highest BCUT2D eigenvalue weighted by molar-refractivity contribution is 8.32. The fourth-order valence-electron chi connectivity index (χ4n) is 1.91. The van der Waals surface area contributed by atoms with Gasteiger partial charge in [-0.25, -0.2) is 3.63 Å². The smallest absolute Gasteiger partial charge is 0.204 e. The maximum Gasteiger partial charge on any atom is 0.523 e. The third-order valence-corrected chi connectivity index (χ3v) is 7.89. The first kappa shape index (κ1) is 17.8. The van der Waals surface area contributed by atoms with E-state index in [0.717, 1.165) is 5.56 Å². The molecule has 0 saturated heterocycles. The molecule has 2 aromatic rings. The number of alkyl halides is 3. The molecule has 1 unspecified atom stereocenters. The van der Waals surface area contributed by atoms with Gasteiger partial charge in [0.05, 0.1) is 0 Å². The summed E-state index contributed by atoms with van der Waals surface area (Å²) in [7, 11) is -8.59. The third kappa shape index (κ3) is 3.70.